The third kappa shape index (κ3) is 18.2. The summed E-state index contributed by atoms with van der Waals surface area (Å²) in [5.41, 5.74) is 0.451. The lowest BCUT2D eigenvalue weighted by Crippen LogP contribution is -2.03. The minimum absolute atomic E-state index is 0. The van der Waals surface area contributed by atoms with Crippen LogP contribution in [0.15, 0.2) is 24.8 Å². The Bertz CT molecular complexity index is 148. The van der Waals surface area contributed by atoms with Gasteiger partial charge in [0, 0.05) is 5.57 Å². The summed E-state index contributed by atoms with van der Waals surface area (Å²) in [5, 5.41) is 0. The summed E-state index contributed by atoms with van der Waals surface area (Å²) in [6.07, 6.45) is 2.96. The summed E-state index contributed by atoms with van der Waals surface area (Å²) in [6.45, 7) is 12.8. The average molecular weight is 186 g/mol. The topological polar surface area (TPSA) is 26.3 Å². The van der Waals surface area contributed by atoms with Crippen LogP contribution in [0, 0.1) is 0 Å². The Morgan fingerprint density at radius 1 is 1.46 bits per heavy atom. The van der Waals surface area contributed by atoms with Crippen molar-refractivity contribution in [1.82, 2.24) is 0 Å². The number of allylic oxidation sites excluding steroid dienone is 1. The van der Waals surface area contributed by atoms with Crippen LogP contribution in [-0.2, 0) is 9.53 Å². The molecule has 0 aliphatic carbocycles. The Morgan fingerprint density at radius 3 is 1.92 bits per heavy atom. The Labute approximate surface area is 82.3 Å². The minimum atomic E-state index is -0.312. The lowest BCUT2D eigenvalue weighted by molar-refractivity contribution is -0.138. The van der Waals surface area contributed by atoms with E-state index in [1.807, 2.05) is 6.08 Å². The van der Waals surface area contributed by atoms with E-state index < -0.39 is 0 Å². The molecule has 2 nitrogen and oxygen atoms in total. The first-order valence-electron chi connectivity index (χ1n) is 4.03. The van der Waals surface area contributed by atoms with E-state index in [2.05, 4.69) is 24.8 Å². The van der Waals surface area contributed by atoms with Crippen molar-refractivity contribution in [3.05, 3.63) is 24.8 Å². The van der Waals surface area contributed by atoms with Gasteiger partial charge in [-0.2, -0.15) is 0 Å². The molecule has 0 aliphatic rings. The number of hydrogen-bond donors (Lipinski definition) is 0. The highest BCUT2D eigenvalue weighted by Gasteiger charge is 1.98. The first kappa shape index (κ1) is 17.9. The van der Waals surface area contributed by atoms with Crippen molar-refractivity contribution in [3.63, 3.8) is 0 Å². The van der Waals surface area contributed by atoms with Crippen molar-refractivity contribution in [2.45, 2.75) is 34.6 Å². The Hall–Kier alpha value is -1.05. The molecule has 13 heavy (non-hydrogen) atoms. The van der Waals surface area contributed by atoms with Gasteiger partial charge >= 0.3 is 5.97 Å². The van der Waals surface area contributed by atoms with Crippen molar-refractivity contribution in [2.24, 2.45) is 0 Å². The van der Waals surface area contributed by atoms with E-state index in [1.54, 1.807) is 13.8 Å². The van der Waals surface area contributed by atoms with Crippen molar-refractivity contribution < 1.29 is 9.53 Å². The highest BCUT2D eigenvalue weighted by Crippen LogP contribution is 1.89. The smallest absolute Gasteiger partial charge is 0.333 e. The van der Waals surface area contributed by atoms with Crippen LogP contribution in [0.4, 0.5) is 0 Å². The number of carbonyl (C=O) groups is 1. The van der Waals surface area contributed by atoms with Gasteiger partial charge in [0.15, 0.2) is 0 Å². The van der Waals surface area contributed by atoms with Crippen LogP contribution in [0.1, 0.15) is 34.6 Å². The molecule has 0 amide bonds. The molecule has 0 spiro atoms. The molecule has 0 heterocycles. The number of hydrogen-bond acceptors (Lipinski definition) is 2. The summed E-state index contributed by atoms with van der Waals surface area (Å²) >= 11 is 0. The molecule has 0 N–H and O–H groups in total. The molecule has 0 unspecified atom stereocenters. The fourth-order valence-electron chi connectivity index (χ4n) is 0.254. The summed E-state index contributed by atoms with van der Waals surface area (Å²) in [5.74, 6) is -0.312. The first-order valence-corrected chi connectivity index (χ1v) is 4.03. The maximum absolute atomic E-state index is 10.4. The third-order valence-electron chi connectivity index (χ3n) is 0.913. The molecule has 0 saturated carbocycles. The van der Waals surface area contributed by atoms with Crippen molar-refractivity contribution in [3.8, 4) is 0 Å². The summed E-state index contributed by atoms with van der Waals surface area (Å²) < 4.78 is 4.56. The van der Waals surface area contributed by atoms with Crippen LogP contribution in [0.5, 0.6) is 0 Å². The molecule has 0 fully saturated rings. The van der Waals surface area contributed by atoms with Crippen LogP contribution in [0.2, 0.25) is 0 Å². The van der Waals surface area contributed by atoms with Gasteiger partial charge in [0.2, 0.25) is 0 Å². The maximum Gasteiger partial charge on any atom is 0.333 e. The lowest BCUT2D eigenvalue weighted by Gasteiger charge is -1.96. The van der Waals surface area contributed by atoms with Gasteiger partial charge in [0.05, 0.1) is 6.61 Å². The Balaban J connectivity index is -0.000000173. The van der Waals surface area contributed by atoms with Gasteiger partial charge in [-0.3, -0.25) is 0 Å². The minimum Gasteiger partial charge on any atom is -0.463 e. The van der Waals surface area contributed by atoms with Gasteiger partial charge in [-0.25, -0.2) is 4.79 Å². The second-order valence-corrected chi connectivity index (χ2v) is 2.20. The second kappa shape index (κ2) is 13.5. The van der Waals surface area contributed by atoms with E-state index in [0.29, 0.717) is 12.2 Å². The van der Waals surface area contributed by atoms with E-state index >= 15 is 0 Å². The normalized spacial score (nSPS) is 7.00. The second-order valence-electron chi connectivity index (χ2n) is 2.20. The summed E-state index contributed by atoms with van der Waals surface area (Å²) in [7, 11) is 0. The Kier molecular flexibility index (Phi) is 18.6. The van der Waals surface area contributed by atoms with E-state index in [1.165, 1.54) is 0 Å². The highest BCUT2D eigenvalue weighted by molar-refractivity contribution is 5.86. The highest BCUT2D eigenvalue weighted by atomic mass is 16.5. The zero-order chi connectivity index (χ0) is 9.98. The molecule has 0 bridgehead atoms. The SMILES string of the molecule is C.C=C(C)C(=O)OCC.C=CCC. The molecule has 0 aromatic carbocycles. The predicted molar refractivity (Wildman–Crippen MR) is 58.7 cm³/mol. The van der Waals surface area contributed by atoms with Crippen LogP contribution in [0.3, 0.4) is 0 Å². The van der Waals surface area contributed by atoms with Crippen molar-refractivity contribution in [2.75, 3.05) is 6.61 Å². The number of carbonyl (C=O) groups excluding carboxylic acids is 1. The summed E-state index contributed by atoms with van der Waals surface area (Å²) in [4.78, 5) is 10.4. The average Bonchev–Trinajstić information content (AvgIpc) is 2.05. The van der Waals surface area contributed by atoms with Gasteiger partial charge in [0.1, 0.15) is 0 Å². The quantitative estimate of drug-likeness (QED) is 0.384. The molecule has 0 aromatic heterocycles. The number of rotatable bonds is 3. The zero-order valence-electron chi connectivity index (χ0n) is 8.22. The van der Waals surface area contributed by atoms with Gasteiger partial charge < -0.3 is 4.74 Å². The van der Waals surface area contributed by atoms with Crippen LogP contribution < -0.4 is 0 Å². The van der Waals surface area contributed by atoms with Gasteiger partial charge in [-0.15, -0.1) is 6.58 Å². The van der Waals surface area contributed by atoms with Crippen LogP contribution >= 0.6 is 0 Å². The van der Waals surface area contributed by atoms with Crippen LogP contribution in [-0.4, -0.2) is 12.6 Å². The molecule has 0 aromatic rings. The standard InChI is InChI=1S/C6H10O2.C4H8.CH4/c1-4-8-6(7)5(2)3;1-3-4-2;/h2,4H2,1,3H3;3H,1,4H2,2H3;1H4. The molecular weight excluding hydrogens is 164 g/mol. The first-order chi connectivity index (χ1) is 5.59. The molecule has 2 heteroatoms. The van der Waals surface area contributed by atoms with Crippen molar-refractivity contribution in [1.29, 1.82) is 0 Å². The molecule has 78 valence electrons. The fraction of sp³-hybridized carbons (Fsp3) is 0.545. The molecular formula is C11H22O2. The lowest BCUT2D eigenvalue weighted by atomic mass is 10.4. The van der Waals surface area contributed by atoms with Gasteiger partial charge in [-0.05, 0) is 20.3 Å². The molecule has 0 radical (unpaired) electrons. The van der Waals surface area contributed by atoms with Crippen LogP contribution in [0.25, 0.3) is 0 Å². The van der Waals surface area contributed by atoms with E-state index in [4.69, 9.17) is 0 Å². The number of esters is 1. The molecule has 0 atom stereocenters. The number of ether oxygens (including phenoxy) is 1. The van der Waals surface area contributed by atoms with Gasteiger partial charge in [0.25, 0.3) is 0 Å². The van der Waals surface area contributed by atoms with E-state index in [9.17, 15) is 4.79 Å². The molecule has 0 saturated heterocycles. The van der Waals surface area contributed by atoms with E-state index in [0.717, 1.165) is 6.42 Å². The monoisotopic (exact) mass is 186 g/mol. The molecule has 0 aliphatic heterocycles. The zero-order valence-corrected chi connectivity index (χ0v) is 8.22. The van der Waals surface area contributed by atoms with E-state index in [-0.39, 0.29) is 13.4 Å². The fourth-order valence-corrected chi connectivity index (χ4v) is 0.254. The van der Waals surface area contributed by atoms with Gasteiger partial charge in [-0.1, -0.05) is 27.0 Å². The van der Waals surface area contributed by atoms with Crippen molar-refractivity contribution >= 4 is 5.97 Å². The maximum atomic E-state index is 10.4. The molecule has 0 rings (SSSR count). The predicted octanol–water partition coefficient (Wildman–Crippen LogP) is 3.34. The third-order valence-corrected chi connectivity index (χ3v) is 0.913. The summed E-state index contributed by atoms with van der Waals surface area (Å²) in [6, 6.07) is 0. The Morgan fingerprint density at radius 2 is 1.85 bits per heavy atom. The largest absolute Gasteiger partial charge is 0.463 e.